The molecule has 0 bridgehead atoms. The first kappa shape index (κ1) is 12.6. The lowest BCUT2D eigenvalue weighted by Gasteiger charge is -2.28. The molecule has 4 heteroatoms. The van der Waals surface area contributed by atoms with Crippen LogP contribution < -0.4 is 0 Å². The van der Waals surface area contributed by atoms with Crippen molar-refractivity contribution in [3.63, 3.8) is 0 Å². The second-order valence-corrected chi connectivity index (χ2v) is 4.50. The number of carbonyl (C=O) groups is 1. The van der Waals surface area contributed by atoms with Gasteiger partial charge in [-0.15, -0.1) is 0 Å². The molecule has 1 heterocycles. The van der Waals surface area contributed by atoms with E-state index in [4.69, 9.17) is 4.74 Å². The summed E-state index contributed by atoms with van der Waals surface area (Å²) >= 11 is 0. The van der Waals surface area contributed by atoms with Crippen molar-refractivity contribution < 1.29 is 14.6 Å². The van der Waals surface area contributed by atoms with Crippen LogP contribution in [0.25, 0.3) is 0 Å². The second-order valence-electron chi connectivity index (χ2n) is 4.50. The highest BCUT2D eigenvalue weighted by molar-refractivity contribution is 5.68. The number of aliphatic hydroxyl groups excluding tert-OH is 1. The van der Waals surface area contributed by atoms with Gasteiger partial charge in [-0.25, -0.2) is 4.79 Å². The lowest BCUT2D eigenvalue weighted by Crippen LogP contribution is -2.41. The maximum Gasteiger partial charge on any atom is 0.410 e. The number of rotatable bonds is 2. The molecule has 2 rings (SSSR count). The fourth-order valence-electron chi connectivity index (χ4n) is 1.97. The van der Waals surface area contributed by atoms with Gasteiger partial charge in [-0.05, 0) is 12.5 Å². The van der Waals surface area contributed by atoms with Gasteiger partial charge in [0, 0.05) is 6.54 Å². The van der Waals surface area contributed by atoms with Crippen LogP contribution in [0.2, 0.25) is 0 Å². The molecule has 1 N–H and O–H groups in total. The van der Waals surface area contributed by atoms with Gasteiger partial charge < -0.3 is 14.7 Å². The van der Waals surface area contributed by atoms with Crippen LogP contribution in [0.15, 0.2) is 42.0 Å². The quantitative estimate of drug-likeness (QED) is 0.813. The van der Waals surface area contributed by atoms with Gasteiger partial charge in [-0.3, -0.25) is 0 Å². The zero-order valence-electron chi connectivity index (χ0n) is 10.4. The molecule has 1 aromatic rings. The first-order valence-corrected chi connectivity index (χ1v) is 5.96. The number of β-amino-alcohol motifs (C(OH)–C–C–N with tert-alkyl or cyclic N) is 1. The van der Waals surface area contributed by atoms with Crippen molar-refractivity contribution in [2.24, 2.45) is 0 Å². The van der Waals surface area contributed by atoms with Crippen molar-refractivity contribution in [1.82, 2.24) is 4.90 Å². The molecular weight excluding hydrogens is 230 g/mol. The maximum atomic E-state index is 11.8. The van der Waals surface area contributed by atoms with Crippen molar-refractivity contribution in [3.05, 3.63) is 47.5 Å². The molecule has 1 unspecified atom stereocenters. The van der Waals surface area contributed by atoms with Gasteiger partial charge in [0.2, 0.25) is 0 Å². The summed E-state index contributed by atoms with van der Waals surface area (Å²) in [5, 5.41) is 9.56. The number of aliphatic hydroxyl groups is 1. The number of carbonyl (C=O) groups excluding carboxylic acids is 1. The van der Waals surface area contributed by atoms with Gasteiger partial charge in [-0.2, -0.15) is 0 Å². The summed E-state index contributed by atoms with van der Waals surface area (Å²) in [6, 6.07) is 9.54. The number of nitrogens with zero attached hydrogens (tertiary/aromatic N) is 1. The molecule has 0 radical (unpaired) electrons. The number of amides is 1. The van der Waals surface area contributed by atoms with E-state index < -0.39 is 6.10 Å². The smallest absolute Gasteiger partial charge is 0.410 e. The second kappa shape index (κ2) is 5.69. The summed E-state index contributed by atoms with van der Waals surface area (Å²) in [6.07, 6.45) is 0.787. The van der Waals surface area contributed by atoms with Crippen LogP contribution in [0.4, 0.5) is 4.79 Å². The van der Waals surface area contributed by atoms with Crippen LogP contribution in [-0.2, 0) is 11.3 Å². The first-order chi connectivity index (χ1) is 8.65. The molecule has 4 nitrogen and oxygen atoms in total. The SMILES string of the molecule is CC1=CC(O)CN(C(=O)OCc2ccccc2)C1. The molecular formula is C14H17NO3. The van der Waals surface area contributed by atoms with E-state index in [1.54, 1.807) is 6.08 Å². The molecule has 96 valence electrons. The Morgan fingerprint density at radius 3 is 2.83 bits per heavy atom. The van der Waals surface area contributed by atoms with Crippen molar-refractivity contribution in [1.29, 1.82) is 0 Å². The predicted molar refractivity (Wildman–Crippen MR) is 68.0 cm³/mol. The minimum Gasteiger partial charge on any atom is -0.445 e. The van der Waals surface area contributed by atoms with E-state index in [1.165, 1.54) is 4.90 Å². The molecule has 1 aliphatic heterocycles. The molecule has 0 saturated heterocycles. The van der Waals surface area contributed by atoms with Gasteiger partial charge in [0.25, 0.3) is 0 Å². The highest BCUT2D eigenvalue weighted by atomic mass is 16.6. The lowest BCUT2D eigenvalue weighted by atomic mass is 10.1. The number of benzene rings is 1. The van der Waals surface area contributed by atoms with Crippen LogP contribution in [0.5, 0.6) is 0 Å². The van der Waals surface area contributed by atoms with Crippen molar-refractivity contribution in [2.75, 3.05) is 13.1 Å². The van der Waals surface area contributed by atoms with E-state index in [1.807, 2.05) is 37.3 Å². The maximum absolute atomic E-state index is 11.8. The van der Waals surface area contributed by atoms with E-state index in [9.17, 15) is 9.90 Å². The van der Waals surface area contributed by atoms with Gasteiger partial charge in [0.1, 0.15) is 6.61 Å². The molecule has 1 amide bonds. The Morgan fingerprint density at radius 1 is 1.44 bits per heavy atom. The Bertz CT molecular complexity index is 442. The Morgan fingerprint density at radius 2 is 2.17 bits per heavy atom. The van der Waals surface area contributed by atoms with Crippen molar-refractivity contribution in [3.8, 4) is 0 Å². The molecule has 0 fully saturated rings. The van der Waals surface area contributed by atoms with Crippen LogP contribution in [-0.4, -0.2) is 35.3 Å². The minimum absolute atomic E-state index is 0.259. The molecule has 0 aromatic heterocycles. The van der Waals surface area contributed by atoms with Crippen LogP contribution in [0, 0.1) is 0 Å². The molecule has 1 aromatic carbocycles. The Balaban J connectivity index is 1.87. The van der Waals surface area contributed by atoms with E-state index in [-0.39, 0.29) is 12.7 Å². The zero-order chi connectivity index (χ0) is 13.0. The summed E-state index contributed by atoms with van der Waals surface area (Å²) in [4.78, 5) is 13.3. The third-order valence-electron chi connectivity index (χ3n) is 2.79. The van der Waals surface area contributed by atoms with Crippen LogP contribution in [0.3, 0.4) is 0 Å². The Labute approximate surface area is 106 Å². The van der Waals surface area contributed by atoms with Crippen molar-refractivity contribution in [2.45, 2.75) is 19.6 Å². The monoisotopic (exact) mass is 247 g/mol. The van der Waals surface area contributed by atoms with E-state index >= 15 is 0 Å². The zero-order valence-corrected chi connectivity index (χ0v) is 10.4. The number of ether oxygens (including phenoxy) is 1. The molecule has 0 aliphatic carbocycles. The third-order valence-corrected chi connectivity index (χ3v) is 2.79. The normalized spacial score (nSPS) is 19.3. The fraction of sp³-hybridized carbons (Fsp3) is 0.357. The molecule has 0 saturated carbocycles. The molecule has 1 atom stereocenters. The topological polar surface area (TPSA) is 49.8 Å². The van der Waals surface area contributed by atoms with E-state index in [2.05, 4.69) is 0 Å². The molecule has 1 aliphatic rings. The predicted octanol–water partition coefficient (Wildman–Crippen LogP) is 1.95. The Hall–Kier alpha value is -1.81. The first-order valence-electron chi connectivity index (χ1n) is 5.96. The van der Waals surface area contributed by atoms with Gasteiger partial charge in [-0.1, -0.05) is 42.0 Å². The third kappa shape index (κ3) is 3.34. The highest BCUT2D eigenvalue weighted by Gasteiger charge is 2.22. The van der Waals surface area contributed by atoms with Crippen molar-refractivity contribution >= 4 is 6.09 Å². The van der Waals surface area contributed by atoms with Gasteiger partial charge in [0.05, 0.1) is 12.6 Å². The van der Waals surface area contributed by atoms with Gasteiger partial charge >= 0.3 is 6.09 Å². The summed E-state index contributed by atoms with van der Waals surface area (Å²) in [5.41, 5.74) is 1.93. The largest absolute Gasteiger partial charge is 0.445 e. The summed E-state index contributed by atoms with van der Waals surface area (Å²) in [5.74, 6) is 0. The molecule has 18 heavy (non-hydrogen) atoms. The van der Waals surface area contributed by atoms with E-state index in [0.717, 1.165) is 11.1 Å². The summed E-state index contributed by atoms with van der Waals surface area (Å²) < 4.78 is 5.21. The lowest BCUT2D eigenvalue weighted by molar-refractivity contribution is 0.0778. The highest BCUT2D eigenvalue weighted by Crippen LogP contribution is 2.11. The van der Waals surface area contributed by atoms with Gasteiger partial charge in [0.15, 0.2) is 0 Å². The fourth-order valence-corrected chi connectivity index (χ4v) is 1.97. The average molecular weight is 247 g/mol. The molecule has 0 spiro atoms. The Kier molecular flexibility index (Phi) is 3.99. The minimum atomic E-state index is -0.594. The van der Waals surface area contributed by atoms with E-state index in [0.29, 0.717) is 13.1 Å². The van der Waals surface area contributed by atoms with Crippen LogP contribution in [0.1, 0.15) is 12.5 Å². The summed E-state index contributed by atoms with van der Waals surface area (Å²) in [6.45, 7) is 2.96. The average Bonchev–Trinajstić information content (AvgIpc) is 2.36. The summed E-state index contributed by atoms with van der Waals surface area (Å²) in [7, 11) is 0. The standard InChI is InChI=1S/C14H17NO3/c1-11-7-13(16)9-15(8-11)14(17)18-10-12-5-3-2-4-6-12/h2-7,13,16H,8-10H2,1H3. The van der Waals surface area contributed by atoms with Crippen LogP contribution >= 0.6 is 0 Å². The number of hydrogen-bond donors (Lipinski definition) is 1. The number of hydrogen-bond acceptors (Lipinski definition) is 3.